The molecule has 246 valence electrons. The first-order chi connectivity index (χ1) is 20.0. The van der Waals surface area contributed by atoms with Crippen molar-refractivity contribution in [1.82, 2.24) is 0 Å². The minimum Gasteiger partial charge on any atom is -0.726 e. The molecule has 1 atom stereocenters. The van der Waals surface area contributed by atoms with E-state index >= 15 is 0 Å². The zero-order valence-corrected chi connectivity index (χ0v) is 31.5. The number of allylic oxidation sites excluding steroid dienone is 1. The zero-order valence-electron chi connectivity index (χ0n) is 28.7. The predicted molar refractivity (Wildman–Crippen MR) is 178 cm³/mol. The largest absolute Gasteiger partial charge is 1.00 e. The van der Waals surface area contributed by atoms with E-state index in [1.807, 2.05) is 0 Å². The van der Waals surface area contributed by atoms with Crippen molar-refractivity contribution in [1.29, 1.82) is 0 Å². The monoisotopic (exact) mass is 622 g/mol. The molecule has 0 spiro atoms. The average molecular weight is 623 g/mol. The summed E-state index contributed by atoms with van der Waals surface area (Å²) in [5, 5.41) is 0. The van der Waals surface area contributed by atoms with Crippen molar-refractivity contribution in [2.75, 3.05) is 6.61 Å². The maximum atomic E-state index is 10.9. The van der Waals surface area contributed by atoms with Gasteiger partial charge in [-0.25, -0.2) is 8.42 Å². The maximum absolute atomic E-state index is 10.9. The van der Waals surface area contributed by atoms with E-state index < -0.39 is 10.4 Å². The van der Waals surface area contributed by atoms with Crippen molar-refractivity contribution in [3.05, 3.63) is 12.2 Å². The quantitative estimate of drug-likeness (QED) is 0.0236. The van der Waals surface area contributed by atoms with Crippen LogP contribution in [0.2, 0.25) is 0 Å². The maximum Gasteiger partial charge on any atom is 1.00 e. The summed E-state index contributed by atoms with van der Waals surface area (Å²) >= 11 is 0. The zero-order chi connectivity index (χ0) is 30.1. The van der Waals surface area contributed by atoms with E-state index in [4.69, 9.17) is 0 Å². The van der Waals surface area contributed by atoms with Gasteiger partial charge in [0.1, 0.15) is 0 Å². The number of unbranched alkanes of at least 4 members (excludes halogenated alkanes) is 27. The Morgan fingerprint density at radius 3 is 1.17 bits per heavy atom. The summed E-state index contributed by atoms with van der Waals surface area (Å²) in [6.07, 6.45) is 43.9. The van der Waals surface area contributed by atoms with Crippen LogP contribution in [0.1, 0.15) is 206 Å². The van der Waals surface area contributed by atoms with Crippen molar-refractivity contribution in [2.45, 2.75) is 206 Å². The molecule has 1 unspecified atom stereocenters. The van der Waals surface area contributed by atoms with Gasteiger partial charge >= 0.3 is 29.6 Å². The van der Waals surface area contributed by atoms with Crippen LogP contribution in [0.15, 0.2) is 12.2 Å². The topological polar surface area (TPSA) is 66.4 Å². The third-order valence-electron chi connectivity index (χ3n) is 8.49. The molecule has 0 amide bonds. The second-order valence-corrected chi connectivity index (χ2v) is 13.7. The Hall–Kier alpha value is 0.610. The molecular weight excluding hydrogens is 551 g/mol. The third-order valence-corrected chi connectivity index (χ3v) is 8.91. The van der Waals surface area contributed by atoms with E-state index in [-0.39, 0.29) is 42.1 Å². The van der Waals surface area contributed by atoms with Gasteiger partial charge in [-0.15, -0.1) is 0 Å². The third kappa shape index (κ3) is 38.6. The van der Waals surface area contributed by atoms with Crippen LogP contribution < -0.4 is 29.6 Å². The van der Waals surface area contributed by atoms with Crippen LogP contribution in [0.5, 0.6) is 0 Å². The molecule has 0 aromatic rings. The van der Waals surface area contributed by atoms with Gasteiger partial charge in [-0.05, 0) is 19.3 Å². The van der Waals surface area contributed by atoms with Crippen molar-refractivity contribution >= 4 is 10.4 Å². The molecule has 0 aliphatic heterocycles. The molecule has 6 heteroatoms. The van der Waals surface area contributed by atoms with Crippen molar-refractivity contribution in [3.63, 3.8) is 0 Å². The van der Waals surface area contributed by atoms with Crippen LogP contribution in [0.4, 0.5) is 0 Å². The van der Waals surface area contributed by atoms with Crippen LogP contribution >= 0.6 is 0 Å². The smallest absolute Gasteiger partial charge is 0.726 e. The molecule has 0 bridgehead atoms. The van der Waals surface area contributed by atoms with Crippen LogP contribution in [0, 0.1) is 5.92 Å². The van der Waals surface area contributed by atoms with Gasteiger partial charge in [0, 0.05) is 5.92 Å². The fraction of sp³-hybridized carbons (Fsp3) is 0.944. The first-order valence-electron chi connectivity index (χ1n) is 18.3. The van der Waals surface area contributed by atoms with E-state index in [1.54, 1.807) is 0 Å². The minimum atomic E-state index is -4.62. The fourth-order valence-electron chi connectivity index (χ4n) is 5.75. The average Bonchev–Trinajstić information content (AvgIpc) is 2.94. The Kier molecular flexibility index (Phi) is 38.4. The number of rotatable bonds is 34. The van der Waals surface area contributed by atoms with Gasteiger partial charge in [-0.2, -0.15) is 0 Å². The van der Waals surface area contributed by atoms with E-state index in [0.29, 0.717) is 0 Å². The van der Waals surface area contributed by atoms with Crippen molar-refractivity contribution < 1.29 is 46.7 Å². The van der Waals surface area contributed by atoms with Crippen LogP contribution in [0.25, 0.3) is 0 Å². The normalized spacial score (nSPS) is 12.6. The summed E-state index contributed by atoms with van der Waals surface area (Å²) < 4.78 is 37.4. The Labute approximate surface area is 286 Å². The molecular formula is C36H71NaO4S. The standard InChI is InChI=1S/C36H72O4S.Na/c1-3-5-7-9-11-13-15-16-17-18-19-20-21-22-23-24-26-28-30-32-34-36(35-40-41(37,38)39)33-31-29-27-25-14-12-10-8-6-4-2;/h32,34,36H,3-31,33,35H2,1-2H3,(H,37,38,39);/q;+1/p-1/b34-32+;. The second kappa shape index (κ2) is 36.1. The Bertz CT molecular complexity index is 638. The molecule has 0 rings (SSSR count). The second-order valence-electron chi connectivity index (χ2n) is 12.7. The van der Waals surface area contributed by atoms with Crippen LogP contribution in [-0.4, -0.2) is 19.6 Å². The van der Waals surface area contributed by atoms with Gasteiger partial charge in [0.15, 0.2) is 0 Å². The summed E-state index contributed by atoms with van der Waals surface area (Å²) in [6.45, 7) is 4.52. The molecule has 0 saturated carbocycles. The predicted octanol–water partition coefficient (Wildman–Crippen LogP) is 9.38. The molecule has 0 aromatic heterocycles. The molecule has 0 saturated heterocycles. The molecule has 0 aliphatic carbocycles. The van der Waals surface area contributed by atoms with Gasteiger partial charge in [0.05, 0.1) is 6.61 Å². The molecule has 4 nitrogen and oxygen atoms in total. The minimum absolute atomic E-state index is 0. The van der Waals surface area contributed by atoms with Crippen LogP contribution in [-0.2, 0) is 14.6 Å². The first-order valence-corrected chi connectivity index (χ1v) is 19.6. The molecule has 0 aromatic carbocycles. The molecule has 0 heterocycles. The summed E-state index contributed by atoms with van der Waals surface area (Å²) in [5.74, 6) is 0.0170. The summed E-state index contributed by atoms with van der Waals surface area (Å²) in [6, 6.07) is 0. The fourth-order valence-corrected chi connectivity index (χ4v) is 6.09. The van der Waals surface area contributed by atoms with Gasteiger partial charge in [0.2, 0.25) is 10.4 Å². The van der Waals surface area contributed by atoms with Crippen molar-refractivity contribution in [3.8, 4) is 0 Å². The van der Waals surface area contributed by atoms with Crippen molar-refractivity contribution in [2.24, 2.45) is 5.92 Å². The van der Waals surface area contributed by atoms with E-state index in [1.165, 1.54) is 173 Å². The Morgan fingerprint density at radius 1 is 0.524 bits per heavy atom. The molecule has 0 aliphatic rings. The van der Waals surface area contributed by atoms with Gasteiger partial charge in [-0.1, -0.05) is 199 Å². The summed E-state index contributed by atoms with van der Waals surface area (Å²) in [5.41, 5.74) is 0. The summed E-state index contributed by atoms with van der Waals surface area (Å²) in [7, 11) is -4.62. The molecule has 0 radical (unpaired) electrons. The molecule has 42 heavy (non-hydrogen) atoms. The SMILES string of the molecule is CCCCCCCCCCCCCCCCCCCC/C=C/C(CCCCCCCCCCCC)COS(=O)(=O)[O-].[Na+]. The van der Waals surface area contributed by atoms with Crippen LogP contribution in [0.3, 0.4) is 0 Å². The van der Waals surface area contributed by atoms with Gasteiger partial charge in [0.25, 0.3) is 0 Å². The Balaban J connectivity index is 0. The molecule has 0 N–H and O–H groups in total. The number of hydrogen-bond donors (Lipinski definition) is 0. The Morgan fingerprint density at radius 2 is 0.833 bits per heavy atom. The van der Waals surface area contributed by atoms with Gasteiger partial charge in [-0.3, -0.25) is 4.18 Å². The van der Waals surface area contributed by atoms with E-state index in [2.05, 4.69) is 30.2 Å². The number of hydrogen-bond acceptors (Lipinski definition) is 4. The first kappa shape index (κ1) is 44.7. The van der Waals surface area contributed by atoms with Gasteiger partial charge < -0.3 is 4.55 Å². The molecule has 0 fully saturated rings. The van der Waals surface area contributed by atoms with E-state index in [9.17, 15) is 13.0 Å². The van der Waals surface area contributed by atoms with E-state index in [0.717, 1.165) is 19.3 Å². The summed E-state index contributed by atoms with van der Waals surface area (Å²) in [4.78, 5) is 0.